The number of aryl methyl sites for hydroxylation is 1. The highest BCUT2D eigenvalue weighted by Gasteiger charge is 2.20. The fourth-order valence-electron chi connectivity index (χ4n) is 1.74. The first kappa shape index (κ1) is 8.05. The van der Waals surface area contributed by atoms with Crippen molar-refractivity contribution in [2.45, 2.75) is 32.1 Å². The smallest absolute Gasteiger partial charge is 0.182 e. The summed E-state index contributed by atoms with van der Waals surface area (Å²) in [5, 5.41) is 4.19. The van der Waals surface area contributed by atoms with Gasteiger partial charge in [0.15, 0.2) is 5.13 Å². The SMILES string of the molecule is CNc1nc2c(s1)CCCC2C. The maximum absolute atomic E-state index is 4.56. The molecule has 12 heavy (non-hydrogen) atoms. The second-order valence-electron chi connectivity index (χ2n) is 3.37. The molecule has 1 atom stereocenters. The summed E-state index contributed by atoms with van der Waals surface area (Å²) in [4.78, 5) is 6.06. The van der Waals surface area contributed by atoms with Crippen molar-refractivity contribution >= 4 is 16.5 Å². The summed E-state index contributed by atoms with van der Waals surface area (Å²) in [6.07, 6.45) is 3.87. The van der Waals surface area contributed by atoms with Gasteiger partial charge in [-0.05, 0) is 25.2 Å². The van der Waals surface area contributed by atoms with Crippen LogP contribution < -0.4 is 5.32 Å². The Morgan fingerprint density at radius 2 is 2.42 bits per heavy atom. The molecule has 0 amide bonds. The van der Waals surface area contributed by atoms with Crippen molar-refractivity contribution in [3.05, 3.63) is 10.6 Å². The Kier molecular flexibility index (Phi) is 2.05. The molecule has 1 aromatic heterocycles. The molecule has 1 N–H and O–H groups in total. The van der Waals surface area contributed by atoms with Gasteiger partial charge in [0.1, 0.15) is 0 Å². The van der Waals surface area contributed by atoms with Crippen LogP contribution >= 0.6 is 11.3 Å². The zero-order chi connectivity index (χ0) is 8.55. The van der Waals surface area contributed by atoms with Gasteiger partial charge in [0.25, 0.3) is 0 Å². The van der Waals surface area contributed by atoms with E-state index in [1.54, 1.807) is 0 Å². The highest BCUT2D eigenvalue weighted by molar-refractivity contribution is 7.15. The third-order valence-electron chi connectivity index (χ3n) is 2.45. The summed E-state index contributed by atoms with van der Waals surface area (Å²) in [5.74, 6) is 0.673. The average Bonchev–Trinajstić information content (AvgIpc) is 2.49. The number of hydrogen-bond donors (Lipinski definition) is 1. The highest BCUT2D eigenvalue weighted by Crippen LogP contribution is 2.35. The Morgan fingerprint density at radius 3 is 3.08 bits per heavy atom. The van der Waals surface area contributed by atoms with Crippen LogP contribution in [0.3, 0.4) is 0 Å². The van der Waals surface area contributed by atoms with E-state index in [4.69, 9.17) is 0 Å². The van der Waals surface area contributed by atoms with Gasteiger partial charge in [-0.3, -0.25) is 0 Å². The third-order valence-corrected chi connectivity index (χ3v) is 3.60. The number of rotatable bonds is 1. The van der Waals surface area contributed by atoms with Crippen molar-refractivity contribution in [2.75, 3.05) is 12.4 Å². The minimum absolute atomic E-state index is 0.673. The summed E-state index contributed by atoms with van der Waals surface area (Å²) < 4.78 is 0. The number of anilines is 1. The number of thiazole rings is 1. The summed E-state index contributed by atoms with van der Waals surface area (Å²) in [6.45, 7) is 2.27. The van der Waals surface area contributed by atoms with Gasteiger partial charge >= 0.3 is 0 Å². The summed E-state index contributed by atoms with van der Waals surface area (Å²) in [5.41, 5.74) is 1.34. The van der Waals surface area contributed by atoms with E-state index >= 15 is 0 Å². The molecule has 0 radical (unpaired) electrons. The zero-order valence-electron chi connectivity index (χ0n) is 7.55. The molecule has 0 aromatic carbocycles. The number of aromatic nitrogens is 1. The van der Waals surface area contributed by atoms with E-state index in [1.165, 1.54) is 29.8 Å². The van der Waals surface area contributed by atoms with Crippen molar-refractivity contribution in [1.82, 2.24) is 4.98 Å². The summed E-state index contributed by atoms with van der Waals surface area (Å²) in [7, 11) is 1.94. The topological polar surface area (TPSA) is 24.9 Å². The standard InChI is InChI=1S/C9H14N2S/c1-6-4-3-5-7-8(6)11-9(10-2)12-7/h6H,3-5H2,1-2H3,(H,10,11). The average molecular weight is 182 g/mol. The lowest BCUT2D eigenvalue weighted by molar-refractivity contribution is 0.584. The molecule has 2 nitrogen and oxygen atoms in total. The van der Waals surface area contributed by atoms with Crippen LogP contribution in [0.25, 0.3) is 0 Å². The van der Waals surface area contributed by atoms with Gasteiger partial charge in [0.05, 0.1) is 5.69 Å². The number of nitrogens with zero attached hydrogens (tertiary/aromatic N) is 1. The number of nitrogens with one attached hydrogen (secondary N) is 1. The maximum atomic E-state index is 4.56. The molecule has 1 aromatic rings. The normalized spacial score (nSPS) is 22.0. The minimum atomic E-state index is 0.673. The van der Waals surface area contributed by atoms with Gasteiger partial charge in [-0.1, -0.05) is 6.92 Å². The third kappa shape index (κ3) is 1.22. The largest absolute Gasteiger partial charge is 0.365 e. The van der Waals surface area contributed by atoms with Crippen LogP contribution in [0.4, 0.5) is 5.13 Å². The Bertz CT molecular complexity index is 280. The van der Waals surface area contributed by atoms with Gasteiger partial charge < -0.3 is 5.32 Å². The van der Waals surface area contributed by atoms with Crippen LogP contribution in [0, 0.1) is 0 Å². The molecule has 66 valence electrons. The van der Waals surface area contributed by atoms with E-state index in [0.29, 0.717) is 5.92 Å². The molecule has 1 aliphatic rings. The first-order chi connectivity index (χ1) is 5.81. The van der Waals surface area contributed by atoms with Gasteiger partial charge in [-0.15, -0.1) is 11.3 Å². The van der Waals surface area contributed by atoms with E-state index in [9.17, 15) is 0 Å². The molecule has 0 saturated heterocycles. The molecular formula is C9H14N2S. The zero-order valence-corrected chi connectivity index (χ0v) is 8.37. The number of fused-ring (bicyclic) bond motifs is 1. The lowest BCUT2D eigenvalue weighted by Gasteiger charge is -2.15. The van der Waals surface area contributed by atoms with Crippen molar-refractivity contribution < 1.29 is 0 Å². The van der Waals surface area contributed by atoms with Crippen LogP contribution in [0.2, 0.25) is 0 Å². The lowest BCUT2D eigenvalue weighted by atomic mass is 9.93. The monoisotopic (exact) mass is 182 g/mol. The van der Waals surface area contributed by atoms with E-state index in [1.807, 2.05) is 18.4 Å². The fourth-order valence-corrected chi connectivity index (χ4v) is 2.82. The van der Waals surface area contributed by atoms with Crippen LogP contribution in [0.1, 0.15) is 36.3 Å². The Hall–Kier alpha value is -0.570. The molecule has 1 heterocycles. The Balaban J connectivity index is 2.37. The molecule has 1 unspecified atom stereocenters. The van der Waals surface area contributed by atoms with Crippen LogP contribution in [0.5, 0.6) is 0 Å². The fraction of sp³-hybridized carbons (Fsp3) is 0.667. The first-order valence-electron chi connectivity index (χ1n) is 4.48. The second-order valence-corrected chi connectivity index (χ2v) is 4.45. The molecule has 3 heteroatoms. The number of hydrogen-bond acceptors (Lipinski definition) is 3. The molecule has 0 fully saturated rings. The van der Waals surface area contributed by atoms with E-state index in [-0.39, 0.29) is 0 Å². The van der Waals surface area contributed by atoms with Gasteiger partial charge in [0, 0.05) is 11.9 Å². The van der Waals surface area contributed by atoms with Gasteiger partial charge in [-0.25, -0.2) is 4.98 Å². The summed E-state index contributed by atoms with van der Waals surface area (Å²) >= 11 is 1.82. The summed E-state index contributed by atoms with van der Waals surface area (Å²) in [6, 6.07) is 0. The second kappa shape index (κ2) is 3.05. The molecule has 0 saturated carbocycles. The highest BCUT2D eigenvalue weighted by atomic mass is 32.1. The van der Waals surface area contributed by atoms with Crippen LogP contribution in [-0.2, 0) is 6.42 Å². The maximum Gasteiger partial charge on any atom is 0.182 e. The predicted octanol–water partition coefficient (Wildman–Crippen LogP) is 2.62. The van der Waals surface area contributed by atoms with E-state index in [0.717, 1.165) is 5.13 Å². The predicted molar refractivity (Wildman–Crippen MR) is 53.0 cm³/mol. The van der Waals surface area contributed by atoms with Crippen molar-refractivity contribution in [1.29, 1.82) is 0 Å². The van der Waals surface area contributed by atoms with E-state index < -0.39 is 0 Å². The van der Waals surface area contributed by atoms with Gasteiger partial charge in [-0.2, -0.15) is 0 Å². The molecule has 2 rings (SSSR count). The van der Waals surface area contributed by atoms with Crippen LogP contribution in [0.15, 0.2) is 0 Å². The molecule has 1 aliphatic carbocycles. The molecule has 0 bridgehead atoms. The Morgan fingerprint density at radius 1 is 1.58 bits per heavy atom. The molecule has 0 aliphatic heterocycles. The van der Waals surface area contributed by atoms with Gasteiger partial charge in [0.2, 0.25) is 0 Å². The van der Waals surface area contributed by atoms with Crippen molar-refractivity contribution in [2.24, 2.45) is 0 Å². The molecular weight excluding hydrogens is 168 g/mol. The Labute approximate surface area is 77.0 Å². The van der Waals surface area contributed by atoms with Crippen molar-refractivity contribution in [3.8, 4) is 0 Å². The van der Waals surface area contributed by atoms with Crippen molar-refractivity contribution in [3.63, 3.8) is 0 Å². The first-order valence-corrected chi connectivity index (χ1v) is 5.30. The minimum Gasteiger partial charge on any atom is -0.365 e. The lowest BCUT2D eigenvalue weighted by Crippen LogP contribution is -2.04. The van der Waals surface area contributed by atoms with E-state index in [2.05, 4.69) is 17.2 Å². The molecule has 0 spiro atoms. The van der Waals surface area contributed by atoms with Crippen LogP contribution in [-0.4, -0.2) is 12.0 Å². The quantitative estimate of drug-likeness (QED) is 0.722.